The lowest BCUT2D eigenvalue weighted by Crippen LogP contribution is -2.40. The minimum atomic E-state index is -3.28. The molecule has 0 amide bonds. The van der Waals surface area contributed by atoms with Gasteiger partial charge in [-0.05, 0) is 30.7 Å². The van der Waals surface area contributed by atoms with E-state index >= 15 is 0 Å². The van der Waals surface area contributed by atoms with Crippen LogP contribution in [0.2, 0.25) is 5.02 Å². The molecule has 1 N–H and O–H groups in total. The molecule has 0 saturated carbocycles. The summed E-state index contributed by atoms with van der Waals surface area (Å²) in [6.07, 6.45) is 3.37. The van der Waals surface area contributed by atoms with Gasteiger partial charge in [-0.25, -0.2) is 18.1 Å². The Bertz CT molecular complexity index is 742. The van der Waals surface area contributed by atoms with Crippen LogP contribution in [0.3, 0.4) is 0 Å². The van der Waals surface area contributed by atoms with E-state index in [-0.39, 0.29) is 11.8 Å². The van der Waals surface area contributed by atoms with Crippen molar-refractivity contribution in [1.29, 1.82) is 0 Å². The summed E-state index contributed by atoms with van der Waals surface area (Å²) in [5.41, 5.74) is 0. The van der Waals surface area contributed by atoms with Gasteiger partial charge in [0.05, 0.1) is 17.2 Å². The number of nitrogens with zero attached hydrogens (tertiary/aromatic N) is 3. The molecule has 0 fully saturated rings. The molecular weight excluding hydrogens is 324 g/mol. The van der Waals surface area contributed by atoms with E-state index in [2.05, 4.69) is 15.4 Å². The van der Waals surface area contributed by atoms with Crippen molar-refractivity contribution in [2.24, 2.45) is 0 Å². The van der Waals surface area contributed by atoms with E-state index in [0.29, 0.717) is 16.5 Å². The van der Waals surface area contributed by atoms with Crippen molar-refractivity contribution >= 4 is 21.4 Å². The summed E-state index contributed by atoms with van der Waals surface area (Å²) in [5.74, 6) is 1.06. The van der Waals surface area contributed by atoms with Crippen LogP contribution in [0.15, 0.2) is 35.5 Å². The Balaban J connectivity index is 1.54. The fourth-order valence-electron chi connectivity index (χ4n) is 2.56. The second-order valence-corrected chi connectivity index (χ2v) is 7.87. The van der Waals surface area contributed by atoms with Crippen LogP contribution in [0.4, 0.5) is 0 Å². The van der Waals surface area contributed by atoms with Crippen LogP contribution in [0.5, 0.6) is 0 Å². The van der Waals surface area contributed by atoms with Gasteiger partial charge in [-0.15, -0.1) is 0 Å². The molecule has 1 aromatic carbocycles. The van der Waals surface area contributed by atoms with Gasteiger partial charge >= 0.3 is 0 Å². The zero-order chi connectivity index (χ0) is 15.6. The lowest BCUT2D eigenvalue weighted by Gasteiger charge is -2.23. The number of aryl methyl sites for hydroxylation is 1. The van der Waals surface area contributed by atoms with Gasteiger partial charge in [0.25, 0.3) is 0 Å². The molecule has 0 aliphatic carbocycles. The van der Waals surface area contributed by atoms with E-state index < -0.39 is 9.84 Å². The van der Waals surface area contributed by atoms with Crippen LogP contribution >= 0.6 is 11.6 Å². The van der Waals surface area contributed by atoms with Gasteiger partial charge in [0.2, 0.25) is 0 Å². The number of hydrogen-bond acceptors (Lipinski definition) is 5. The van der Waals surface area contributed by atoms with E-state index in [9.17, 15) is 8.42 Å². The molecule has 0 saturated heterocycles. The van der Waals surface area contributed by atoms with Gasteiger partial charge in [-0.2, -0.15) is 5.10 Å². The number of fused-ring (bicyclic) bond motifs is 1. The highest BCUT2D eigenvalue weighted by atomic mass is 35.5. The molecule has 0 radical (unpaired) electrons. The second-order valence-electron chi connectivity index (χ2n) is 5.32. The van der Waals surface area contributed by atoms with Crippen LogP contribution in [-0.2, 0) is 22.8 Å². The molecule has 1 aliphatic rings. The zero-order valence-electron chi connectivity index (χ0n) is 11.9. The van der Waals surface area contributed by atoms with E-state index in [1.54, 1.807) is 30.6 Å². The van der Waals surface area contributed by atoms with Gasteiger partial charge in [0, 0.05) is 24.0 Å². The number of nitrogens with one attached hydrogen (secondary N) is 1. The van der Waals surface area contributed by atoms with Gasteiger partial charge in [0.1, 0.15) is 12.2 Å². The molecule has 8 heteroatoms. The average molecular weight is 341 g/mol. The third-order valence-corrected chi connectivity index (χ3v) is 5.77. The normalized spacial score (nSPS) is 18.1. The molecule has 1 aliphatic heterocycles. The van der Waals surface area contributed by atoms with Crippen LogP contribution < -0.4 is 5.32 Å². The first kappa shape index (κ1) is 15.5. The molecule has 118 valence electrons. The summed E-state index contributed by atoms with van der Waals surface area (Å²) < 4.78 is 26.3. The maximum Gasteiger partial charge on any atom is 0.179 e. The number of rotatable bonds is 5. The van der Waals surface area contributed by atoms with E-state index in [4.69, 9.17) is 11.6 Å². The van der Waals surface area contributed by atoms with Crippen molar-refractivity contribution < 1.29 is 8.42 Å². The fraction of sp³-hybridized carbons (Fsp3) is 0.429. The minimum absolute atomic E-state index is 0.0648. The van der Waals surface area contributed by atoms with Crippen molar-refractivity contribution in [2.45, 2.75) is 30.3 Å². The highest BCUT2D eigenvalue weighted by molar-refractivity contribution is 7.91. The molecular formula is C14H17ClN4O2S. The number of aromatic nitrogens is 3. The molecule has 1 atom stereocenters. The van der Waals surface area contributed by atoms with Crippen LogP contribution in [-0.4, -0.2) is 41.5 Å². The lowest BCUT2D eigenvalue weighted by molar-refractivity contribution is 0.365. The van der Waals surface area contributed by atoms with E-state index in [1.807, 2.05) is 4.68 Å². The molecule has 2 heterocycles. The summed E-state index contributed by atoms with van der Waals surface area (Å²) >= 11 is 5.78. The zero-order valence-corrected chi connectivity index (χ0v) is 13.5. The lowest BCUT2D eigenvalue weighted by atomic mass is 10.1. The van der Waals surface area contributed by atoms with Crippen LogP contribution in [0, 0.1) is 0 Å². The second kappa shape index (κ2) is 6.36. The summed E-state index contributed by atoms with van der Waals surface area (Å²) in [7, 11) is -3.28. The summed E-state index contributed by atoms with van der Waals surface area (Å²) in [4.78, 5) is 4.48. The molecule has 2 aromatic rings. The van der Waals surface area contributed by atoms with Crippen molar-refractivity contribution in [3.8, 4) is 0 Å². The SMILES string of the molecule is O=S(=O)(CCN[C@@H]1CCc2ncnn2C1)c1ccc(Cl)cc1. The standard InChI is InChI=1S/C14H17ClN4O2S/c15-11-1-4-13(5-2-11)22(20,21)8-7-16-12-3-6-14-17-10-18-19(14)9-12/h1-2,4-5,10,12,16H,3,6-9H2/t12-/m1/s1. The Labute approximate surface area is 134 Å². The highest BCUT2D eigenvalue weighted by Gasteiger charge is 2.20. The Morgan fingerprint density at radius 1 is 1.32 bits per heavy atom. The van der Waals surface area contributed by atoms with Gasteiger partial charge < -0.3 is 5.32 Å². The third-order valence-electron chi connectivity index (χ3n) is 3.78. The van der Waals surface area contributed by atoms with Gasteiger partial charge in [0.15, 0.2) is 9.84 Å². The number of benzene rings is 1. The first-order chi connectivity index (χ1) is 10.5. The first-order valence-corrected chi connectivity index (χ1v) is 9.16. The predicted molar refractivity (Wildman–Crippen MR) is 83.6 cm³/mol. The Kier molecular flexibility index (Phi) is 4.46. The highest BCUT2D eigenvalue weighted by Crippen LogP contribution is 2.15. The maximum absolute atomic E-state index is 12.2. The summed E-state index contributed by atoms with van der Waals surface area (Å²) in [5, 5.41) is 7.98. The van der Waals surface area contributed by atoms with E-state index in [1.165, 1.54) is 0 Å². The topological polar surface area (TPSA) is 76.9 Å². The number of sulfone groups is 1. The van der Waals surface area contributed by atoms with Crippen molar-refractivity contribution in [3.63, 3.8) is 0 Å². The summed E-state index contributed by atoms with van der Waals surface area (Å²) in [6, 6.07) is 6.50. The maximum atomic E-state index is 12.2. The Morgan fingerprint density at radius 2 is 2.09 bits per heavy atom. The van der Waals surface area contributed by atoms with Gasteiger partial charge in [-0.3, -0.25) is 0 Å². The Hall–Kier alpha value is -1.44. The molecule has 6 nitrogen and oxygen atoms in total. The molecule has 22 heavy (non-hydrogen) atoms. The minimum Gasteiger partial charge on any atom is -0.311 e. The predicted octanol–water partition coefficient (Wildman–Crippen LogP) is 1.31. The van der Waals surface area contributed by atoms with Crippen molar-refractivity contribution in [3.05, 3.63) is 41.4 Å². The number of hydrogen-bond donors (Lipinski definition) is 1. The molecule has 0 bridgehead atoms. The molecule has 0 spiro atoms. The smallest absolute Gasteiger partial charge is 0.179 e. The Morgan fingerprint density at radius 3 is 2.86 bits per heavy atom. The van der Waals surface area contributed by atoms with E-state index in [0.717, 1.165) is 25.2 Å². The summed E-state index contributed by atoms with van der Waals surface area (Å²) in [6.45, 7) is 1.15. The molecule has 3 rings (SSSR count). The molecule has 0 unspecified atom stereocenters. The average Bonchev–Trinajstić information content (AvgIpc) is 2.95. The van der Waals surface area contributed by atoms with Crippen LogP contribution in [0.25, 0.3) is 0 Å². The quantitative estimate of drug-likeness (QED) is 0.888. The largest absolute Gasteiger partial charge is 0.311 e. The monoisotopic (exact) mass is 340 g/mol. The van der Waals surface area contributed by atoms with Gasteiger partial charge in [-0.1, -0.05) is 11.6 Å². The van der Waals surface area contributed by atoms with Crippen LogP contribution in [0.1, 0.15) is 12.2 Å². The third kappa shape index (κ3) is 3.48. The van der Waals surface area contributed by atoms with Crippen molar-refractivity contribution in [1.82, 2.24) is 20.1 Å². The number of halogens is 1. The molecule has 1 aromatic heterocycles. The van der Waals surface area contributed by atoms with Crippen molar-refractivity contribution in [2.75, 3.05) is 12.3 Å². The fourth-order valence-corrected chi connectivity index (χ4v) is 3.86. The first-order valence-electron chi connectivity index (χ1n) is 7.13.